The van der Waals surface area contributed by atoms with Gasteiger partial charge in [0.2, 0.25) is 5.91 Å². The monoisotopic (exact) mass is 387 g/mol. The third-order valence-electron chi connectivity index (χ3n) is 4.00. The van der Waals surface area contributed by atoms with E-state index >= 15 is 0 Å². The van der Waals surface area contributed by atoms with Gasteiger partial charge in [-0.05, 0) is 26.2 Å². The Hall–Kier alpha value is -1.50. The average molecular weight is 388 g/mol. The first-order valence-electron chi connectivity index (χ1n) is 8.15. The van der Waals surface area contributed by atoms with Crippen molar-refractivity contribution in [2.75, 3.05) is 53.4 Å². The quantitative estimate of drug-likeness (QED) is 0.748. The minimum absolute atomic E-state index is 0.103. The number of amides is 2. The molecule has 0 aromatic heterocycles. The maximum atomic E-state index is 12.3. The maximum absolute atomic E-state index is 12.3. The van der Waals surface area contributed by atoms with Gasteiger partial charge in [-0.2, -0.15) is 0 Å². The van der Waals surface area contributed by atoms with Gasteiger partial charge in [-0.3, -0.25) is 9.59 Å². The lowest BCUT2D eigenvalue weighted by atomic mass is 10.2. The highest BCUT2D eigenvalue weighted by molar-refractivity contribution is 6.34. The van der Waals surface area contributed by atoms with E-state index < -0.39 is 0 Å². The molecule has 0 saturated carbocycles. The van der Waals surface area contributed by atoms with Crippen LogP contribution in [0.5, 0.6) is 5.75 Å². The van der Waals surface area contributed by atoms with Crippen molar-refractivity contribution in [2.45, 2.75) is 6.42 Å². The third kappa shape index (κ3) is 6.06. The van der Waals surface area contributed by atoms with Crippen molar-refractivity contribution in [1.29, 1.82) is 0 Å². The van der Waals surface area contributed by atoms with Crippen molar-refractivity contribution in [1.82, 2.24) is 14.7 Å². The Bertz CT molecular complexity index is 617. The van der Waals surface area contributed by atoms with Gasteiger partial charge in [0.25, 0.3) is 5.91 Å². The Balaban J connectivity index is 1.77. The van der Waals surface area contributed by atoms with E-state index in [1.807, 2.05) is 23.9 Å². The molecule has 0 aliphatic carbocycles. The van der Waals surface area contributed by atoms with Crippen molar-refractivity contribution in [3.05, 3.63) is 28.2 Å². The second-order valence-electron chi connectivity index (χ2n) is 6.18. The van der Waals surface area contributed by atoms with Crippen LogP contribution < -0.4 is 4.74 Å². The van der Waals surface area contributed by atoms with Gasteiger partial charge in [0, 0.05) is 50.2 Å². The zero-order valence-electron chi connectivity index (χ0n) is 14.5. The molecule has 1 heterocycles. The average Bonchev–Trinajstić information content (AvgIpc) is 2.60. The van der Waals surface area contributed by atoms with Gasteiger partial charge in [-0.25, -0.2) is 0 Å². The number of carbonyl (C=O) groups excluding carboxylic acids is 2. The summed E-state index contributed by atoms with van der Waals surface area (Å²) in [7, 11) is 3.88. The summed E-state index contributed by atoms with van der Waals surface area (Å²) in [6, 6.07) is 4.87. The van der Waals surface area contributed by atoms with Gasteiger partial charge in [-0.1, -0.05) is 23.2 Å². The minimum Gasteiger partial charge on any atom is -0.482 e. The Kier molecular flexibility index (Phi) is 7.35. The summed E-state index contributed by atoms with van der Waals surface area (Å²) in [6.45, 7) is 2.76. The van der Waals surface area contributed by atoms with Gasteiger partial charge >= 0.3 is 0 Å². The number of halogens is 2. The Morgan fingerprint density at radius 2 is 1.68 bits per heavy atom. The van der Waals surface area contributed by atoms with Crippen LogP contribution in [0.4, 0.5) is 0 Å². The SMILES string of the molecule is CN(C)CCC(=O)N1CCN(C(=O)COc2cc(Cl)ccc2Cl)CC1. The molecule has 2 rings (SSSR count). The predicted molar refractivity (Wildman–Crippen MR) is 98.3 cm³/mol. The molecule has 1 aliphatic heterocycles. The molecule has 1 aliphatic rings. The van der Waals surface area contributed by atoms with Crippen LogP contribution in [-0.2, 0) is 9.59 Å². The molecular formula is C17H23Cl2N3O3. The van der Waals surface area contributed by atoms with Gasteiger partial charge in [-0.15, -0.1) is 0 Å². The summed E-state index contributed by atoms with van der Waals surface area (Å²) in [6.07, 6.45) is 0.497. The summed E-state index contributed by atoms with van der Waals surface area (Å²) in [5, 5.41) is 0.908. The van der Waals surface area contributed by atoms with Gasteiger partial charge in [0.05, 0.1) is 5.02 Å². The normalized spacial score (nSPS) is 14.8. The van der Waals surface area contributed by atoms with Crippen molar-refractivity contribution in [2.24, 2.45) is 0 Å². The second-order valence-corrected chi connectivity index (χ2v) is 7.02. The molecule has 1 aromatic rings. The first-order valence-corrected chi connectivity index (χ1v) is 8.90. The van der Waals surface area contributed by atoms with Crippen molar-refractivity contribution < 1.29 is 14.3 Å². The third-order valence-corrected chi connectivity index (χ3v) is 4.55. The number of piperazine rings is 1. The van der Waals surface area contributed by atoms with Crippen LogP contribution >= 0.6 is 23.2 Å². The standard InChI is InChI=1S/C17H23Cl2N3O3/c1-20(2)6-5-16(23)21-7-9-22(10-8-21)17(24)12-25-15-11-13(18)3-4-14(15)19/h3-4,11H,5-10,12H2,1-2H3. The number of benzene rings is 1. The molecule has 1 aromatic carbocycles. The van der Waals surface area contributed by atoms with Gasteiger partial charge in [0.15, 0.2) is 6.61 Å². The molecule has 0 atom stereocenters. The Labute approximate surface area is 158 Å². The molecule has 25 heavy (non-hydrogen) atoms. The van der Waals surface area contributed by atoms with Crippen LogP contribution in [0, 0.1) is 0 Å². The number of hydrogen-bond acceptors (Lipinski definition) is 4. The minimum atomic E-state index is -0.128. The van der Waals surface area contributed by atoms with Gasteiger partial charge < -0.3 is 19.4 Å². The molecule has 2 amide bonds. The van der Waals surface area contributed by atoms with E-state index in [1.165, 1.54) is 0 Å². The van der Waals surface area contributed by atoms with Crippen molar-refractivity contribution in [3.8, 4) is 5.75 Å². The van der Waals surface area contributed by atoms with E-state index in [9.17, 15) is 9.59 Å². The van der Waals surface area contributed by atoms with Crippen LogP contribution in [0.1, 0.15) is 6.42 Å². The second kappa shape index (κ2) is 9.27. The summed E-state index contributed by atoms with van der Waals surface area (Å²) in [5.41, 5.74) is 0. The highest BCUT2D eigenvalue weighted by Gasteiger charge is 2.24. The fourth-order valence-corrected chi connectivity index (χ4v) is 2.84. The first-order chi connectivity index (χ1) is 11.9. The highest BCUT2D eigenvalue weighted by Crippen LogP contribution is 2.27. The van der Waals surface area contributed by atoms with Crippen LogP contribution in [-0.4, -0.2) is 79.9 Å². The molecular weight excluding hydrogens is 365 g/mol. The summed E-state index contributed by atoms with van der Waals surface area (Å²) < 4.78 is 5.48. The number of ether oxygens (including phenoxy) is 1. The Morgan fingerprint density at radius 3 is 2.28 bits per heavy atom. The molecule has 0 unspecified atom stereocenters. The fraction of sp³-hybridized carbons (Fsp3) is 0.529. The first kappa shape index (κ1) is 19.8. The van der Waals surface area contributed by atoms with Crippen LogP contribution in [0.15, 0.2) is 18.2 Å². The fourth-order valence-electron chi connectivity index (χ4n) is 2.50. The van der Waals surface area contributed by atoms with E-state index in [4.69, 9.17) is 27.9 Å². The summed E-state index contributed by atoms with van der Waals surface area (Å²) >= 11 is 11.9. The lowest BCUT2D eigenvalue weighted by molar-refractivity contribution is -0.140. The molecule has 0 radical (unpaired) electrons. The van der Waals surface area contributed by atoms with E-state index in [0.717, 1.165) is 6.54 Å². The number of nitrogens with zero attached hydrogens (tertiary/aromatic N) is 3. The van der Waals surface area contributed by atoms with Crippen molar-refractivity contribution >= 4 is 35.0 Å². The van der Waals surface area contributed by atoms with Gasteiger partial charge in [0.1, 0.15) is 5.75 Å². The van der Waals surface area contributed by atoms with E-state index in [2.05, 4.69) is 0 Å². The van der Waals surface area contributed by atoms with Crippen LogP contribution in [0.2, 0.25) is 10.0 Å². The number of rotatable bonds is 6. The smallest absolute Gasteiger partial charge is 0.260 e. The Morgan fingerprint density at radius 1 is 1.08 bits per heavy atom. The van der Waals surface area contributed by atoms with Crippen molar-refractivity contribution in [3.63, 3.8) is 0 Å². The zero-order chi connectivity index (χ0) is 18.4. The topological polar surface area (TPSA) is 53.1 Å². The summed E-state index contributed by atoms with van der Waals surface area (Å²) in [5.74, 6) is 0.388. The lowest BCUT2D eigenvalue weighted by Crippen LogP contribution is -2.51. The number of hydrogen-bond donors (Lipinski definition) is 0. The van der Waals surface area contributed by atoms with Crippen LogP contribution in [0.25, 0.3) is 0 Å². The molecule has 8 heteroatoms. The molecule has 0 N–H and O–H groups in total. The molecule has 1 saturated heterocycles. The molecule has 0 bridgehead atoms. The zero-order valence-corrected chi connectivity index (χ0v) is 16.0. The van der Waals surface area contributed by atoms with E-state index in [1.54, 1.807) is 23.1 Å². The maximum Gasteiger partial charge on any atom is 0.260 e. The highest BCUT2D eigenvalue weighted by atomic mass is 35.5. The molecule has 138 valence electrons. The van der Waals surface area contributed by atoms with E-state index in [-0.39, 0.29) is 18.4 Å². The predicted octanol–water partition coefficient (Wildman–Crippen LogP) is 1.99. The van der Waals surface area contributed by atoms with E-state index in [0.29, 0.717) is 48.4 Å². The molecule has 6 nitrogen and oxygen atoms in total. The lowest BCUT2D eigenvalue weighted by Gasteiger charge is -2.35. The molecule has 0 spiro atoms. The molecule has 1 fully saturated rings. The summed E-state index contributed by atoms with van der Waals surface area (Å²) in [4.78, 5) is 29.9. The number of carbonyl (C=O) groups is 2. The van der Waals surface area contributed by atoms with Crippen LogP contribution in [0.3, 0.4) is 0 Å². The largest absolute Gasteiger partial charge is 0.482 e.